The van der Waals surface area contributed by atoms with E-state index in [1.165, 1.54) is 6.92 Å². The maximum Gasteiger partial charge on any atom is 0.338 e. The molecule has 0 amide bonds. The molecule has 5 heteroatoms. The number of hydrogen-bond donors (Lipinski definition) is 0. The molecule has 0 bridgehead atoms. The van der Waals surface area contributed by atoms with E-state index in [-0.39, 0.29) is 18.0 Å². The van der Waals surface area contributed by atoms with Crippen LogP contribution in [0.1, 0.15) is 40.1 Å². The van der Waals surface area contributed by atoms with E-state index < -0.39 is 5.97 Å². The number of Topliss-reactive ketones (excluding diaryl/α,β-unsaturated/α-hetero) is 1. The smallest absolute Gasteiger partial charge is 0.338 e. The van der Waals surface area contributed by atoms with E-state index in [0.29, 0.717) is 17.9 Å². The first-order valence-electron chi connectivity index (χ1n) is 7.21. The van der Waals surface area contributed by atoms with Gasteiger partial charge in [0, 0.05) is 15.6 Å². The summed E-state index contributed by atoms with van der Waals surface area (Å²) in [4.78, 5) is 23.7. The van der Waals surface area contributed by atoms with E-state index in [2.05, 4.69) is 15.9 Å². The van der Waals surface area contributed by atoms with E-state index in [0.717, 1.165) is 10.0 Å². The predicted octanol–water partition coefficient (Wildman–Crippen LogP) is 4.41. The zero-order valence-electron chi connectivity index (χ0n) is 13.0. The monoisotopic (exact) mass is 376 g/mol. The van der Waals surface area contributed by atoms with Crippen LogP contribution in [-0.2, 0) is 11.3 Å². The Hall–Kier alpha value is -2.14. The molecule has 0 unspecified atom stereocenters. The topological polar surface area (TPSA) is 52.6 Å². The van der Waals surface area contributed by atoms with Crippen LogP contribution in [0.3, 0.4) is 0 Å². The second-order valence-corrected chi connectivity index (χ2v) is 5.72. The molecule has 2 aromatic carbocycles. The standard InChI is InChI=1S/C18H17BrO4/c1-3-22-18(21)16-10-14(8-9-15(16)12(2)20)23-11-13-6-4-5-7-17(13)19/h4-10H,3,11H2,1-2H3. The van der Waals surface area contributed by atoms with Crippen molar-refractivity contribution in [3.8, 4) is 5.75 Å². The Morgan fingerprint density at radius 1 is 1.09 bits per heavy atom. The lowest BCUT2D eigenvalue weighted by Gasteiger charge is -2.11. The van der Waals surface area contributed by atoms with Gasteiger partial charge < -0.3 is 9.47 Å². The van der Waals surface area contributed by atoms with Crippen molar-refractivity contribution < 1.29 is 19.1 Å². The van der Waals surface area contributed by atoms with Crippen LogP contribution in [0, 0.1) is 0 Å². The lowest BCUT2D eigenvalue weighted by molar-refractivity contribution is 0.0522. The number of halogens is 1. The van der Waals surface area contributed by atoms with Gasteiger partial charge in [-0.1, -0.05) is 34.1 Å². The van der Waals surface area contributed by atoms with Crippen molar-refractivity contribution in [1.29, 1.82) is 0 Å². The van der Waals surface area contributed by atoms with Gasteiger partial charge in [-0.05, 0) is 38.1 Å². The molecule has 4 nitrogen and oxygen atoms in total. The fourth-order valence-corrected chi connectivity index (χ4v) is 2.47. The Labute approximate surface area is 143 Å². The van der Waals surface area contributed by atoms with Crippen molar-refractivity contribution in [2.24, 2.45) is 0 Å². The van der Waals surface area contributed by atoms with Crippen molar-refractivity contribution in [1.82, 2.24) is 0 Å². The Balaban J connectivity index is 2.23. The molecule has 2 aromatic rings. The van der Waals surface area contributed by atoms with Gasteiger partial charge in [0.15, 0.2) is 5.78 Å². The molecule has 0 heterocycles. The quantitative estimate of drug-likeness (QED) is 0.553. The first kappa shape index (κ1) is 17.2. The van der Waals surface area contributed by atoms with Gasteiger partial charge in [0.2, 0.25) is 0 Å². The summed E-state index contributed by atoms with van der Waals surface area (Å²) in [6.45, 7) is 3.74. The summed E-state index contributed by atoms with van der Waals surface area (Å²) >= 11 is 3.46. The molecule has 0 fully saturated rings. The summed E-state index contributed by atoms with van der Waals surface area (Å²) in [7, 11) is 0. The average molecular weight is 377 g/mol. The zero-order valence-corrected chi connectivity index (χ0v) is 14.6. The SMILES string of the molecule is CCOC(=O)c1cc(OCc2ccccc2Br)ccc1C(C)=O. The van der Waals surface area contributed by atoms with Crippen LogP contribution >= 0.6 is 15.9 Å². The van der Waals surface area contributed by atoms with Gasteiger partial charge in [0.25, 0.3) is 0 Å². The van der Waals surface area contributed by atoms with Gasteiger partial charge in [-0.25, -0.2) is 4.79 Å². The van der Waals surface area contributed by atoms with Crippen molar-refractivity contribution in [3.05, 3.63) is 63.6 Å². The molecule has 0 aliphatic rings. The highest BCUT2D eigenvalue weighted by Gasteiger charge is 2.17. The molecule has 0 aliphatic heterocycles. The van der Waals surface area contributed by atoms with E-state index in [4.69, 9.17) is 9.47 Å². The number of ketones is 1. The molecule has 120 valence electrons. The third kappa shape index (κ3) is 4.42. The Morgan fingerprint density at radius 2 is 1.83 bits per heavy atom. The Morgan fingerprint density at radius 3 is 2.48 bits per heavy atom. The minimum atomic E-state index is -0.524. The van der Waals surface area contributed by atoms with Crippen molar-refractivity contribution in [3.63, 3.8) is 0 Å². The lowest BCUT2D eigenvalue weighted by Crippen LogP contribution is -2.11. The molecule has 23 heavy (non-hydrogen) atoms. The summed E-state index contributed by atoms with van der Waals surface area (Å²) in [5.41, 5.74) is 1.54. The number of ether oxygens (including phenoxy) is 2. The molecule has 0 aromatic heterocycles. The van der Waals surface area contributed by atoms with Crippen LogP contribution in [0.5, 0.6) is 5.75 Å². The summed E-state index contributed by atoms with van der Waals surface area (Å²) in [5, 5.41) is 0. The van der Waals surface area contributed by atoms with E-state index >= 15 is 0 Å². The average Bonchev–Trinajstić information content (AvgIpc) is 2.54. The first-order valence-corrected chi connectivity index (χ1v) is 8.00. The molecule has 0 saturated heterocycles. The highest BCUT2D eigenvalue weighted by molar-refractivity contribution is 9.10. The molecule has 2 rings (SSSR count). The summed E-state index contributed by atoms with van der Waals surface area (Å²) in [6, 6.07) is 12.5. The highest BCUT2D eigenvalue weighted by atomic mass is 79.9. The summed E-state index contributed by atoms with van der Waals surface area (Å²) in [5.74, 6) is -0.205. The predicted molar refractivity (Wildman–Crippen MR) is 90.9 cm³/mol. The maximum atomic E-state index is 12.0. The fourth-order valence-electron chi connectivity index (χ4n) is 2.07. The summed E-state index contributed by atoms with van der Waals surface area (Å²) in [6.07, 6.45) is 0. The Kier molecular flexibility index (Phi) is 5.93. The van der Waals surface area contributed by atoms with E-state index in [1.54, 1.807) is 25.1 Å². The van der Waals surface area contributed by atoms with Crippen molar-refractivity contribution >= 4 is 27.7 Å². The minimum Gasteiger partial charge on any atom is -0.489 e. The van der Waals surface area contributed by atoms with Crippen LogP contribution in [0.2, 0.25) is 0 Å². The lowest BCUT2D eigenvalue weighted by atomic mass is 10.0. The first-order chi connectivity index (χ1) is 11.0. The third-order valence-electron chi connectivity index (χ3n) is 3.22. The van der Waals surface area contributed by atoms with Gasteiger partial charge in [0.1, 0.15) is 12.4 Å². The molecular formula is C18H17BrO4. The van der Waals surface area contributed by atoms with Crippen LogP contribution in [0.15, 0.2) is 46.9 Å². The van der Waals surface area contributed by atoms with Crippen LogP contribution in [0.25, 0.3) is 0 Å². The number of carbonyl (C=O) groups is 2. The summed E-state index contributed by atoms with van der Waals surface area (Å²) < 4.78 is 11.7. The molecule has 0 aliphatic carbocycles. The second-order valence-electron chi connectivity index (χ2n) is 4.86. The highest BCUT2D eigenvalue weighted by Crippen LogP contribution is 2.22. The van der Waals surface area contributed by atoms with Gasteiger partial charge in [0.05, 0.1) is 12.2 Å². The number of rotatable bonds is 6. The van der Waals surface area contributed by atoms with Gasteiger partial charge in [-0.15, -0.1) is 0 Å². The molecule has 0 saturated carbocycles. The zero-order chi connectivity index (χ0) is 16.8. The van der Waals surface area contributed by atoms with Crippen molar-refractivity contribution in [2.75, 3.05) is 6.61 Å². The second kappa shape index (κ2) is 7.92. The van der Waals surface area contributed by atoms with Gasteiger partial charge in [-0.3, -0.25) is 4.79 Å². The molecular weight excluding hydrogens is 360 g/mol. The fraction of sp³-hybridized carbons (Fsp3) is 0.222. The molecule has 0 radical (unpaired) electrons. The number of hydrogen-bond acceptors (Lipinski definition) is 4. The Bertz CT molecular complexity index is 725. The van der Waals surface area contributed by atoms with Crippen LogP contribution < -0.4 is 4.74 Å². The molecule has 0 atom stereocenters. The molecule has 0 N–H and O–H groups in total. The normalized spacial score (nSPS) is 10.2. The number of carbonyl (C=O) groups excluding carboxylic acids is 2. The van der Waals surface area contributed by atoms with Gasteiger partial charge >= 0.3 is 5.97 Å². The van der Waals surface area contributed by atoms with Gasteiger partial charge in [-0.2, -0.15) is 0 Å². The molecule has 0 spiro atoms. The van der Waals surface area contributed by atoms with Crippen LogP contribution in [0.4, 0.5) is 0 Å². The number of benzene rings is 2. The minimum absolute atomic E-state index is 0.189. The van der Waals surface area contributed by atoms with Crippen molar-refractivity contribution in [2.45, 2.75) is 20.5 Å². The van der Waals surface area contributed by atoms with E-state index in [9.17, 15) is 9.59 Å². The number of esters is 1. The largest absolute Gasteiger partial charge is 0.489 e. The van der Waals surface area contributed by atoms with Crippen LogP contribution in [-0.4, -0.2) is 18.4 Å². The van der Waals surface area contributed by atoms with E-state index in [1.807, 2.05) is 24.3 Å². The third-order valence-corrected chi connectivity index (χ3v) is 3.99. The maximum absolute atomic E-state index is 12.0.